The summed E-state index contributed by atoms with van der Waals surface area (Å²) in [5.41, 5.74) is 0. The normalized spacial score (nSPS) is 17.6. The molecule has 0 aromatic heterocycles. The molecule has 0 radical (unpaired) electrons. The number of unbranched alkanes of at least 4 members (excludes halogenated alkanes) is 5. The first kappa shape index (κ1) is 13.5. The Morgan fingerprint density at radius 1 is 1.19 bits per heavy atom. The zero-order valence-electron chi connectivity index (χ0n) is 10.6. The Kier molecular flexibility index (Phi) is 7.23. The average Bonchev–Trinajstić information content (AvgIpc) is 2.49. The number of amides is 1. The fourth-order valence-corrected chi connectivity index (χ4v) is 2.15. The first-order valence-electron chi connectivity index (χ1n) is 6.83. The van der Waals surface area contributed by atoms with E-state index in [1.54, 1.807) is 0 Å². The highest BCUT2D eigenvalue weighted by Gasteiger charge is 2.14. The van der Waals surface area contributed by atoms with Crippen LogP contribution >= 0.6 is 0 Å². The first-order valence-corrected chi connectivity index (χ1v) is 6.83. The molecule has 1 heterocycles. The van der Waals surface area contributed by atoms with Gasteiger partial charge in [-0.1, -0.05) is 39.0 Å². The maximum atomic E-state index is 11.6. The van der Waals surface area contributed by atoms with Crippen LogP contribution in [0.4, 0.5) is 0 Å². The highest BCUT2D eigenvalue weighted by molar-refractivity contribution is 5.78. The van der Waals surface area contributed by atoms with Crippen LogP contribution in [-0.4, -0.2) is 37.0 Å². The predicted molar refractivity (Wildman–Crippen MR) is 67.4 cm³/mol. The molecule has 0 aromatic carbocycles. The number of carbonyl (C=O) groups is 1. The smallest absolute Gasteiger partial charge is 0.236 e. The third-order valence-corrected chi connectivity index (χ3v) is 3.19. The van der Waals surface area contributed by atoms with Gasteiger partial charge in [0.1, 0.15) is 0 Å². The van der Waals surface area contributed by atoms with E-state index in [1.165, 1.54) is 38.5 Å². The van der Waals surface area contributed by atoms with E-state index in [0.29, 0.717) is 6.54 Å². The number of hydrogen-bond acceptors (Lipinski definition) is 2. The monoisotopic (exact) mass is 226 g/mol. The molecule has 1 fully saturated rings. The quantitative estimate of drug-likeness (QED) is 0.675. The minimum absolute atomic E-state index is 0.283. The molecule has 3 nitrogen and oxygen atoms in total. The van der Waals surface area contributed by atoms with Crippen molar-refractivity contribution in [2.45, 2.75) is 51.9 Å². The van der Waals surface area contributed by atoms with E-state index in [0.717, 1.165) is 26.1 Å². The number of nitrogens with one attached hydrogen (secondary N) is 1. The second-order valence-corrected chi connectivity index (χ2v) is 4.68. The van der Waals surface area contributed by atoms with E-state index in [4.69, 9.17) is 0 Å². The Bertz CT molecular complexity index is 194. The van der Waals surface area contributed by atoms with Gasteiger partial charge in [-0.25, -0.2) is 0 Å². The summed E-state index contributed by atoms with van der Waals surface area (Å²) < 4.78 is 0. The van der Waals surface area contributed by atoms with Gasteiger partial charge in [0.15, 0.2) is 0 Å². The molecule has 1 aliphatic rings. The lowest BCUT2D eigenvalue weighted by molar-refractivity contribution is -0.129. The van der Waals surface area contributed by atoms with Crippen LogP contribution in [0.25, 0.3) is 0 Å². The van der Waals surface area contributed by atoms with Crippen molar-refractivity contribution in [3.63, 3.8) is 0 Å². The number of nitrogens with zero attached hydrogens (tertiary/aromatic N) is 1. The third kappa shape index (κ3) is 5.50. The lowest BCUT2D eigenvalue weighted by Crippen LogP contribution is -2.35. The molecular formula is C13H26N2O. The molecule has 0 atom stereocenters. The molecular weight excluding hydrogens is 200 g/mol. The van der Waals surface area contributed by atoms with Gasteiger partial charge >= 0.3 is 0 Å². The Morgan fingerprint density at radius 2 is 1.94 bits per heavy atom. The molecule has 1 aliphatic heterocycles. The molecule has 1 amide bonds. The standard InChI is InChI=1S/C13H26N2O/c1-2-3-4-5-6-7-10-15-11-8-9-14-12-13(15)16/h14H,2-12H2,1H3. The molecule has 94 valence electrons. The van der Waals surface area contributed by atoms with Crippen LogP contribution in [0.15, 0.2) is 0 Å². The number of carbonyl (C=O) groups excluding carboxylic acids is 1. The van der Waals surface area contributed by atoms with Gasteiger partial charge < -0.3 is 10.2 Å². The lowest BCUT2D eigenvalue weighted by atomic mass is 10.1. The number of rotatable bonds is 7. The predicted octanol–water partition coefficient (Wildman–Crippen LogP) is 2.17. The van der Waals surface area contributed by atoms with Crippen LogP contribution in [0.5, 0.6) is 0 Å². The first-order chi connectivity index (χ1) is 7.84. The summed E-state index contributed by atoms with van der Waals surface area (Å²) in [6.45, 7) is 5.67. The average molecular weight is 226 g/mol. The van der Waals surface area contributed by atoms with E-state index >= 15 is 0 Å². The maximum Gasteiger partial charge on any atom is 0.236 e. The van der Waals surface area contributed by atoms with E-state index in [-0.39, 0.29) is 5.91 Å². The molecule has 0 spiro atoms. The largest absolute Gasteiger partial charge is 0.342 e. The summed E-state index contributed by atoms with van der Waals surface area (Å²) in [4.78, 5) is 13.7. The van der Waals surface area contributed by atoms with E-state index < -0.39 is 0 Å². The lowest BCUT2D eigenvalue weighted by Gasteiger charge is -2.19. The van der Waals surface area contributed by atoms with Gasteiger partial charge in [0.2, 0.25) is 5.91 Å². The summed E-state index contributed by atoms with van der Waals surface area (Å²) in [6, 6.07) is 0. The summed E-state index contributed by atoms with van der Waals surface area (Å²) >= 11 is 0. The molecule has 0 aliphatic carbocycles. The Hall–Kier alpha value is -0.570. The highest BCUT2D eigenvalue weighted by Crippen LogP contribution is 2.07. The number of hydrogen-bond donors (Lipinski definition) is 1. The van der Waals surface area contributed by atoms with Crippen LogP contribution in [0, 0.1) is 0 Å². The van der Waals surface area contributed by atoms with Crippen molar-refractivity contribution in [2.24, 2.45) is 0 Å². The van der Waals surface area contributed by atoms with Crippen molar-refractivity contribution in [1.29, 1.82) is 0 Å². The molecule has 3 heteroatoms. The summed E-state index contributed by atoms with van der Waals surface area (Å²) in [6.07, 6.45) is 8.89. The van der Waals surface area contributed by atoms with E-state index in [2.05, 4.69) is 12.2 Å². The summed E-state index contributed by atoms with van der Waals surface area (Å²) in [7, 11) is 0. The minimum atomic E-state index is 0.283. The fraction of sp³-hybridized carbons (Fsp3) is 0.923. The van der Waals surface area contributed by atoms with Crippen molar-refractivity contribution >= 4 is 5.91 Å². The molecule has 16 heavy (non-hydrogen) atoms. The van der Waals surface area contributed by atoms with Gasteiger partial charge in [-0.15, -0.1) is 0 Å². The van der Waals surface area contributed by atoms with Crippen molar-refractivity contribution in [3.8, 4) is 0 Å². The van der Waals surface area contributed by atoms with E-state index in [9.17, 15) is 4.79 Å². The second kappa shape index (κ2) is 8.57. The minimum Gasteiger partial charge on any atom is -0.342 e. The molecule has 0 aromatic rings. The van der Waals surface area contributed by atoms with E-state index in [1.807, 2.05) is 4.90 Å². The fourth-order valence-electron chi connectivity index (χ4n) is 2.15. The third-order valence-electron chi connectivity index (χ3n) is 3.19. The Balaban J connectivity index is 2.04. The van der Waals surface area contributed by atoms with Gasteiger partial charge in [0, 0.05) is 13.1 Å². The van der Waals surface area contributed by atoms with Crippen molar-refractivity contribution in [3.05, 3.63) is 0 Å². The maximum absolute atomic E-state index is 11.6. The van der Waals surface area contributed by atoms with Crippen molar-refractivity contribution in [1.82, 2.24) is 10.2 Å². The van der Waals surface area contributed by atoms with Crippen LogP contribution < -0.4 is 5.32 Å². The Morgan fingerprint density at radius 3 is 2.75 bits per heavy atom. The molecule has 1 N–H and O–H groups in total. The van der Waals surface area contributed by atoms with Crippen LogP contribution in [0.3, 0.4) is 0 Å². The second-order valence-electron chi connectivity index (χ2n) is 4.68. The molecule has 1 rings (SSSR count). The zero-order valence-corrected chi connectivity index (χ0v) is 10.6. The van der Waals surface area contributed by atoms with Gasteiger partial charge in [-0.2, -0.15) is 0 Å². The zero-order chi connectivity index (χ0) is 11.6. The van der Waals surface area contributed by atoms with Crippen LogP contribution in [-0.2, 0) is 4.79 Å². The van der Waals surface area contributed by atoms with Crippen LogP contribution in [0.1, 0.15) is 51.9 Å². The molecule has 0 unspecified atom stereocenters. The summed E-state index contributed by atoms with van der Waals surface area (Å²) in [5.74, 6) is 0.283. The van der Waals surface area contributed by atoms with Crippen LogP contribution in [0.2, 0.25) is 0 Å². The molecule has 0 saturated carbocycles. The van der Waals surface area contributed by atoms with Crippen molar-refractivity contribution < 1.29 is 4.79 Å². The SMILES string of the molecule is CCCCCCCCN1CCCNCC1=O. The van der Waals surface area contributed by atoms with Crippen molar-refractivity contribution in [2.75, 3.05) is 26.2 Å². The highest BCUT2D eigenvalue weighted by atomic mass is 16.2. The van der Waals surface area contributed by atoms with Gasteiger partial charge in [0.25, 0.3) is 0 Å². The Labute approximate surface area is 99.6 Å². The summed E-state index contributed by atoms with van der Waals surface area (Å²) in [5, 5.41) is 3.15. The molecule has 1 saturated heterocycles. The topological polar surface area (TPSA) is 32.3 Å². The molecule has 0 bridgehead atoms. The van der Waals surface area contributed by atoms with Gasteiger partial charge in [-0.3, -0.25) is 4.79 Å². The van der Waals surface area contributed by atoms with Gasteiger partial charge in [0.05, 0.1) is 6.54 Å². The van der Waals surface area contributed by atoms with Gasteiger partial charge in [-0.05, 0) is 19.4 Å².